The van der Waals surface area contributed by atoms with Gasteiger partial charge in [-0.1, -0.05) is 48.5 Å². The van der Waals surface area contributed by atoms with E-state index in [0.717, 1.165) is 35.9 Å². The largest absolute Gasteiger partial charge is 0.349 e. The average Bonchev–Trinajstić information content (AvgIpc) is 2.82. The van der Waals surface area contributed by atoms with Crippen LogP contribution in [0, 0.1) is 0 Å². The zero-order valence-corrected chi connectivity index (χ0v) is 15.1. The summed E-state index contributed by atoms with van der Waals surface area (Å²) in [6.45, 7) is 4.89. The molecule has 2 heterocycles. The van der Waals surface area contributed by atoms with E-state index < -0.39 is 0 Å². The van der Waals surface area contributed by atoms with E-state index in [1.807, 2.05) is 44.2 Å². The lowest BCUT2D eigenvalue weighted by molar-refractivity contribution is -0.120. The van der Waals surface area contributed by atoms with Crippen LogP contribution >= 0.6 is 11.8 Å². The number of fused-ring (bicyclic) bond motifs is 1. The van der Waals surface area contributed by atoms with Crippen molar-refractivity contribution in [2.75, 3.05) is 0 Å². The lowest BCUT2D eigenvalue weighted by Crippen LogP contribution is -2.33. The molecule has 2 aromatic rings. The summed E-state index contributed by atoms with van der Waals surface area (Å²) in [7, 11) is 0. The van der Waals surface area contributed by atoms with Crippen molar-refractivity contribution in [3.8, 4) is 0 Å². The molecule has 1 aliphatic rings. The van der Waals surface area contributed by atoms with Crippen LogP contribution < -0.4 is 5.32 Å². The normalized spacial score (nSPS) is 16.8. The number of nitrogens with zero attached hydrogens (tertiary/aromatic N) is 3. The molecule has 2 atom stereocenters. The highest BCUT2D eigenvalue weighted by Gasteiger charge is 2.22. The summed E-state index contributed by atoms with van der Waals surface area (Å²) < 4.78 is 2.18. The molecule has 0 spiro atoms. The highest BCUT2D eigenvalue weighted by Crippen LogP contribution is 2.25. The number of aryl methyl sites for hydroxylation is 1. The van der Waals surface area contributed by atoms with E-state index in [1.54, 1.807) is 0 Å². The maximum Gasteiger partial charge on any atom is 0.233 e. The third-order valence-electron chi connectivity index (χ3n) is 4.39. The summed E-state index contributed by atoms with van der Waals surface area (Å²) in [5.41, 5.74) is 1.11. The fraction of sp³-hybridized carbons (Fsp3) is 0.500. The van der Waals surface area contributed by atoms with Gasteiger partial charge in [0.15, 0.2) is 5.16 Å². The first-order valence-corrected chi connectivity index (χ1v) is 9.47. The summed E-state index contributed by atoms with van der Waals surface area (Å²) in [4.78, 5) is 12.5. The van der Waals surface area contributed by atoms with Crippen molar-refractivity contribution in [2.45, 2.75) is 62.5 Å². The van der Waals surface area contributed by atoms with Crippen LogP contribution in [0.15, 0.2) is 35.5 Å². The fourth-order valence-corrected chi connectivity index (χ4v) is 3.82. The second-order valence-electron chi connectivity index (χ2n) is 6.26. The lowest BCUT2D eigenvalue weighted by atomic mass is 10.1. The molecule has 1 aromatic heterocycles. The Balaban J connectivity index is 1.61. The number of hydrogen-bond donors (Lipinski definition) is 1. The lowest BCUT2D eigenvalue weighted by Gasteiger charge is -2.17. The molecular weight excluding hydrogens is 320 g/mol. The first-order valence-electron chi connectivity index (χ1n) is 8.59. The van der Waals surface area contributed by atoms with Gasteiger partial charge in [-0.15, -0.1) is 10.2 Å². The van der Waals surface area contributed by atoms with Crippen molar-refractivity contribution in [3.05, 3.63) is 41.7 Å². The molecule has 6 heteroatoms. The minimum Gasteiger partial charge on any atom is -0.349 e. The van der Waals surface area contributed by atoms with E-state index in [0.29, 0.717) is 0 Å². The van der Waals surface area contributed by atoms with Gasteiger partial charge in [-0.05, 0) is 32.3 Å². The molecule has 0 unspecified atom stereocenters. The number of benzene rings is 1. The van der Waals surface area contributed by atoms with Gasteiger partial charge in [0.2, 0.25) is 5.91 Å². The molecule has 0 aliphatic carbocycles. The van der Waals surface area contributed by atoms with Crippen LogP contribution in [0.1, 0.15) is 50.5 Å². The van der Waals surface area contributed by atoms with Crippen molar-refractivity contribution in [3.63, 3.8) is 0 Å². The highest BCUT2D eigenvalue weighted by molar-refractivity contribution is 8.00. The van der Waals surface area contributed by atoms with Crippen molar-refractivity contribution >= 4 is 17.7 Å². The molecule has 0 radical (unpaired) electrons. The number of hydrogen-bond acceptors (Lipinski definition) is 4. The third kappa shape index (κ3) is 3.98. The monoisotopic (exact) mass is 344 g/mol. The van der Waals surface area contributed by atoms with Gasteiger partial charge in [0.1, 0.15) is 5.82 Å². The van der Waals surface area contributed by atoms with E-state index >= 15 is 0 Å². The zero-order valence-electron chi connectivity index (χ0n) is 14.2. The van der Waals surface area contributed by atoms with Crippen LogP contribution in [0.25, 0.3) is 0 Å². The van der Waals surface area contributed by atoms with Crippen molar-refractivity contribution in [2.24, 2.45) is 0 Å². The van der Waals surface area contributed by atoms with Crippen molar-refractivity contribution < 1.29 is 4.79 Å². The Hall–Kier alpha value is -1.82. The molecule has 0 bridgehead atoms. The molecule has 0 saturated heterocycles. The first kappa shape index (κ1) is 17.0. The Morgan fingerprint density at radius 1 is 1.17 bits per heavy atom. The molecule has 1 N–H and O–H groups in total. The molecule has 24 heavy (non-hydrogen) atoms. The predicted octanol–water partition coefficient (Wildman–Crippen LogP) is 3.36. The smallest absolute Gasteiger partial charge is 0.233 e. The van der Waals surface area contributed by atoms with Gasteiger partial charge in [0.25, 0.3) is 0 Å². The van der Waals surface area contributed by atoms with E-state index in [1.165, 1.54) is 24.6 Å². The van der Waals surface area contributed by atoms with Crippen LogP contribution in [0.2, 0.25) is 0 Å². The summed E-state index contributed by atoms with van der Waals surface area (Å²) in [6.07, 6.45) is 4.55. The van der Waals surface area contributed by atoms with E-state index in [2.05, 4.69) is 20.1 Å². The second kappa shape index (κ2) is 7.83. The number of nitrogens with one attached hydrogen (secondary N) is 1. The van der Waals surface area contributed by atoms with Gasteiger partial charge in [0.05, 0.1) is 11.3 Å². The number of carbonyl (C=O) groups is 1. The van der Waals surface area contributed by atoms with Crippen LogP contribution in [0.5, 0.6) is 0 Å². The van der Waals surface area contributed by atoms with Gasteiger partial charge in [-0.2, -0.15) is 0 Å². The van der Waals surface area contributed by atoms with Crippen LogP contribution in [-0.2, 0) is 17.8 Å². The van der Waals surface area contributed by atoms with Gasteiger partial charge < -0.3 is 9.88 Å². The Labute approximate surface area is 147 Å². The van der Waals surface area contributed by atoms with Crippen LogP contribution in [0.3, 0.4) is 0 Å². The van der Waals surface area contributed by atoms with Gasteiger partial charge in [-0.25, -0.2) is 0 Å². The quantitative estimate of drug-likeness (QED) is 0.845. The highest BCUT2D eigenvalue weighted by atomic mass is 32.2. The topological polar surface area (TPSA) is 59.8 Å². The Kier molecular flexibility index (Phi) is 5.56. The molecule has 1 aliphatic heterocycles. The molecule has 0 fully saturated rings. The Morgan fingerprint density at radius 2 is 1.96 bits per heavy atom. The Morgan fingerprint density at radius 3 is 2.75 bits per heavy atom. The van der Waals surface area contributed by atoms with E-state index in [4.69, 9.17) is 0 Å². The SMILES string of the molecule is C[C@H](Sc1nnc2n1CCCCC2)C(=O)N[C@@H](C)c1ccccc1. The van der Waals surface area contributed by atoms with Crippen molar-refractivity contribution in [1.29, 1.82) is 0 Å². The second-order valence-corrected chi connectivity index (χ2v) is 7.57. The molecular formula is C18H24N4OS. The summed E-state index contributed by atoms with van der Waals surface area (Å²) in [5.74, 6) is 1.09. The fourth-order valence-electron chi connectivity index (χ4n) is 2.91. The van der Waals surface area contributed by atoms with Crippen LogP contribution in [-0.4, -0.2) is 25.9 Å². The number of rotatable bonds is 5. The zero-order chi connectivity index (χ0) is 16.9. The minimum absolute atomic E-state index is 0.00253. The summed E-state index contributed by atoms with van der Waals surface area (Å²) in [6, 6.07) is 10.0. The molecule has 128 valence electrons. The molecule has 0 saturated carbocycles. The molecule has 3 rings (SSSR count). The van der Waals surface area contributed by atoms with Crippen LogP contribution in [0.4, 0.5) is 0 Å². The number of amides is 1. The number of carbonyl (C=O) groups excluding carboxylic acids is 1. The standard InChI is InChI=1S/C18H24N4OS/c1-13(15-9-5-3-6-10-15)19-17(23)14(2)24-18-21-20-16-11-7-4-8-12-22(16)18/h3,5-6,9-10,13-14H,4,7-8,11-12H2,1-2H3,(H,19,23)/t13-,14-/m0/s1. The Bertz CT molecular complexity index is 686. The maximum atomic E-state index is 12.5. The summed E-state index contributed by atoms with van der Waals surface area (Å²) >= 11 is 1.50. The van der Waals surface area contributed by atoms with Gasteiger partial charge in [0, 0.05) is 13.0 Å². The summed E-state index contributed by atoms with van der Waals surface area (Å²) in [5, 5.41) is 12.3. The average molecular weight is 344 g/mol. The van der Waals surface area contributed by atoms with E-state index in [-0.39, 0.29) is 17.2 Å². The molecule has 1 amide bonds. The molecule has 5 nitrogen and oxygen atoms in total. The number of aromatic nitrogens is 3. The van der Waals surface area contributed by atoms with Gasteiger partial charge in [-0.3, -0.25) is 4.79 Å². The molecule has 1 aromatic carbocycles. The van der Waals surface area contributed by atoms with Gasteiger partial charge >= 0.3 is 0 Å². The third-order valence-corrected chi connectivity index (χ3v) is 5.47. The first-order chi connectivity index (χ1) is 11.6. The number of thioether (sulfide) groups is 1. The van der Waals surface area contributed by atoms with E-state index in [9.17, 15) is 4.79 Å². The predicted molar refractivity (Wildman–Crippen MR) is 95.9 cm³/mol. The maximum absolute atomic E-state index is 12.5. The minimum atomic E-state index is -0.201. The van der Waals surface area contributed by atoms with Crippen molar-refractivity contribution in [1.82, 2.24) is 20.1 Å².